The van der Waals surface area contributed by atoms with Crippen LogP contribution in [0, 0.1) is 0 Å². The highest BCUT2D eigenvalue weighted by molar-refractivity contribution is 6.38. The molecule has 19 heavy (non-hydrogen) atoms. The second-order valence-corrected chi connectivity index (χ2v) is 4.99. The van der Waals surface area contributed by atoms with Gasteiger partial charge in [0, 0.05) is 10.8 Å². The standard InChI is InChI=1S/C17H10ClN/c18-17-16-12-6-2-1-5-11(12)9-10-14(16)13-7-3-4-8-15(13)19-17/h1-10H. The Labute approximate surface area is 115 Å². The van der Waals surface area contributed by atoms with E-state index in [0.29, 0.717) is 5.15 Å². The van der Waals surface area contributed by atoms with Gasteiger partial charge in [-0.25, -0.2) is 4.98 Å². The monoisotopic (exact) mass is 263 g/mol. The molecule has 0 saturated carbocycles. The molecule has 4 aromatic rings. The Morgan fingerprint density at radius 1 is 0.684 bits per heavy atom. The summed E-state index contributed by atoms with van der Waals surface area (Å²) in [6, 6.07) is 20.6. The van der Waals surface area contributed by atoms with E-state index in [-0.39, 0.29) is 0 Å². The molecular formula is C17H10ClN. The third kappa shape index (κ3) is 1.52. The first-order chi connectivity index (χ1) is 9.34. The van der Waals surface area contributed by atoms with Gasteiger partial charge in [0.15, 0.2) is 0 Å². The maximum atomic E-state index is 6.40. The van der Waals surface area contributed by atoms with Crippen LogP contribution >= 0.6 is 11.6 Å². The van der Waals surface area contributed by atoms with Gasteiger partial charge in [0.2, 0.25) is 0 Å². The molecule has 0 aliphatic rings. The fourth-order valence-corrected chi connectivity index (χ4v) is 2.97. The molecular weight excluding hydrogens is 254 g/mol. The van der Waals surface area contributed by atoms with Gasteiger partial charge in [-0.2, -0.15) is 0 Å². The number of pyridine rings is 1. The van der Waals surface area contributed by atoms with Crippen molar-refractivity contribution in [3.8, 4) is 0 Å². The average Bonchev–Trinajstić information content (AvgIpc) is 2.46. The number of rotatable bonds is 0. The smallest absolute Gasteiger partial charge is 0.138 e. The van der Waals surface area contributed by atoms with E-state index in [1.807, 2.05) is 30.3 Å². The topological polar surface area (TPSA) is 12.9 Å². The lowest BCUT2D eigenvalue weighted by Crippen LogP contribution is -1.86. The molecule has 0 spiro atoms. The van der Waals surface area contributed by atoms with Crippen LogP contribution in [0.3, 0.4) is 0 Å². The molecule has 0 aliphatic heterocycles. The van der Waals surface area contributed by atoms with E-state index in [9.17, 15) is 0 Å². The van der Waals surface area contributed by atoms with Crippen LogP contribution in [-0.4, -0.2) is 4.98 Å². The molecule has 0 atom stereocenters. The van der Waals surface area contributed by atoms with Crippen LogP contribution < -0.4 is 0 Å². The average molecular weight is 264 g/mol. The molecule has 1 nitrogen and oxygen atoms in total. The van der Waals surface area contributed by atoms with Crippen molar-refractivity contribution in [1.29, 1.82) is 0 Å². The lowest BCUT2D eigenvalue weighted by Gasteiger charge is -2.08. The van der Waals surface area contributed by atoms with Crippen LogP contribution in [0.2, 0.25) is 5.15 Å². The second kappa shape index (κ2) is 3.94. The van der Waals surface area contributed by atoms with E-state index in [1.54, 1.807) is 0 Å². The number of hydrogen-bond donors (Lipinski definition) is 0. The molecule has 0 saturated heterocycles. The molecule has 0 N–H and O–H groups in total. The molecule has 1 aromatic heterocycles. The summed E-state index contributed by atoms with van der Waals surface area (Å²) in [5.41, 5.74) is 0.940. The molecule has 4 rings (SSSR count). The van der Waals surface area contributed by atoms with E-state index in [1.165, 1.54) is 5.39 Å². The fourth-order valence-electron chi connectivity index (χ4n) is 2.68. The Morgan fingerprint density at radius 3 is 2.32 bits per heavy atom. The predicted octanol–water partition coefficient (Wildman–Crippen LogP) is 5.19. The summed E-state index contributed by atoms with van der Waals surface area (Å²) < 4.78 is 0. The zero-order valence-electron chi connectivity index (χ0n) is 10.1. The highest BCUT2D eigenvalue weighted by Gasteiger charge is 2.09. The lowest BCUT2D eigenvalue weighted by molar-refractivity contribution is 1.45. The second-order valence-electron chi connectivity index (χ2n) is 4.63. The first-order valence-corrected chi connectivity index (χ1v) is 6.58. The van der Waals surface area contributed by atoms with Crippen molar-refractivity contribution in [3.05, 3.63) is 65.8 Å². The molecule has 2 heteroatoms. The van der Waals surface area contributed by atoms with Gasteiger partial charge in [-0.1, -0.05) is 66.2 Å². The van der Waals surface area contributed by atoms with Crippen LogP contribution in [0.1, 0.15) is 0 Å². The molecule has 1 heterocycles. The summed E-state index contributed by atoms with van der Waals surface area (Å²) >= 11 is 6.40. The van der Waals surface area contributed by atoms with E-state index >= 15 is 0 Å². The molecule has 3 aromatic carbocycles. The molecule has 0 amide bonds. The van der Waals surface area contributed by atoms with Crippen LogP contribution in [0.25, 0.3) is 32.4 Å². The summed E-state index contributed by atoms with van der Waals surface area (Å²) in [5, 5.41) is 6.27. The summed E-state index contributed by atoms with van der Waals surface area (Å²) in [6.45, 7) is 0. The normalized spacial score (nSPS) is 11.4. The molecule has 90 valence electrons. The Morgan fingerprint density at radius 2 is 1.42 bits per heavy atom. The number of para-hydroxylation sites is 1. The van der Waals surface area contributed by atoms with E-state index in [0.717, 1.165) is 27.1 Å². The summed E-state index contributed by atoms with van der Waals surface area (Å²) in [5.74, 6) is 0. The van der Waals surface area contributed by atoms with Crippen LogP contribution in [0.5, 0.6) is 0 Å². The fraction of sp³-hybridized carbons (Fsp3) is 0. The van der Waals surface area contributed by atoms with Crippen molar-refractivity contribution in [2.45, 2.75) is 0 Å². The van der Waals surface area contributed by atoms with Crippen molar-refractivity contribution >= 4 is 44.0 Å². The molecule has 0 bridgehead atoms. The van der Waals surface area contributed by atoms with E-state index < -0.39 is 0 Å². The highest BCUT2D eigenvalue weighted by atomic mass is 35.5. The van der Waals surface area contributed by atoms with Crippen LogP contribution in [0.15, 0.2) is 60.7 Å². The Hall–Kier alpha value is -2.12. The Kier molecular flexibility index (Phi) is 2.23. The molecule has 0 aliphatic carbocycles. The van der Waals surface area contributed by atoms with Gasteiger partial charge in [-0.15, -0.1) is 0 Å². The minimum absolute atomic E-state index is 0.575. The quantitative estimate of drug-likeness (QED) is 0.314. The van der Waals surface area contributed by atoms with Gasteiger partial charge in [0.05, 0.1) is 5.52 Å². The van der Waals surface area contributed by atoms with Gasteiger partial charge in [0.1, 0.15) is 5.15 Å². The van der Waals surface area contributed by atoms with Crippen molar-refractivity contribution in [1.82, 2.24) is 4.98 Å². The highest BCUT2D eigenvalue weighted by Crippen LogP contribution is 2.34. The third-order valence-electron chi connectivity index (χ3n) is 3.55. The lowest BCUT2D eigenvalue weighted by atomic mass is 10.0. The SMILES string of the molecule is Clc1nc2ccccc2c2ccc3ccccc3c12. The predicted molar refractivity (Wildman–Crippen MR) is 81.8 cm³/mol. The first-order valence-electron chi connectivity index (χ1n) is 6.20. The molecule has 0 unspecified atom stereocenters. The van der Waals surface area contributed by atoms with Gasteiger partial charge < -0.3 is 0 Å². The van der Waals surface area contributed by atoms with Crippen molar-refractivity contribution in [2.24, 2.45) is 0 Å². The van der Waals surface area contributed by atoms with Crippen LogP contribution in [0.4, 0.5) is 0 Å². The maximum absolute atomic E-state index is 6.40. The number of hydrogen-bond acceptors (Lipinski definition) is 1. The third-order valence-corrected chi connectivity index (χ3v) is 3.82. The minimum Gasteiger partial charge on any atom is -0.235 e. The van der Waals surface area contributed by atoms with Gasteiger partial charge in [-0.3, -0.25) is 0 Å². The largest absolute Gasteiger partial charge is 0.235 e. The summed E-state index contributed by atoms with van der Waals surface area (Å²) in [7, 11) is 0. The van der Waals surface area contributed by atoms with Gasteiger partial charge in [0.25, 0.3) is 0 Å². The number of nitrogens with zero attached hydrogens (tertiary/aromatic N) is 1. The zero-order valence-corrected chi connectivity index (χ0v) is 10.9. The Bertz CT molecular complexity index is 928. The van der Waals surface area contributed by atoms with Crippen molar-refractivity contribution in [3.63, 3.8) is 0 Å². The molecule has 0 fully saturated rings. The number of aromatic nitrogens is 1. The number of halogens is 1. The van der Waals surface area contributed by atoms with Crippen molar-refractivity contribution in [2.75, 3.05) is 0 Å². The van der Waals surface area contributed by atoms with Gasteiger partial charge in [-0.05, 0) is 22.2 Å². The van der Waals surface area contributed by atoms with Crippen molar-refractivity contribution < 1.29 is 0 Å². The number of benzene rings is 3. The van der Waals surface area contributed by atoms with Crippen LogP contribution in [-0.2, 0) is 0 Å². The summed E-state index contributed by atoms with van der Waals surface area (Å²) in [4.78, 5) is 4.52. The number of fused-ring (bicyclic) bond motifs is 5. The summed E-state index contributed by atoms with van der Waals surface area (Å²) in [6.07, 6.45) is 0. The zero-order chi connectivity index (χ0) is 12.8. The minimum atomic E-state index is 0.575. The van der Waals surface area contributed by atoms with E-state index in [2.05, 4.69) is 35.3 Å². The molecule has 0 radical (unpaired) electrons. The first kappa shape index (κ1) is 10.8. The van der Waals surface area contributed by atoms with E-state index in [4.69, 9.17) is 11.6 Å². The Balaban J connectivity index is 2.35. The van der Waals surface area contributed by atoms with Gasteiger partial charge >= 0.3 is 0 Å². The maximum Gasteiger partial charge on any atom is 0.138 e.